The minimum atomic E-state index is -0.463. The van der Waals surface area contributed by atoms with Crippen LogP contribution in [0.5, 0.6) is 0 Å². The molecular formula is C25H18N8Pd. The van der Waals surface area contributed by atoms with E-state index in [-0.39, 0.29) is 20.4 Å². The molecule has 0 aliphatic carbocycles. The molecule has 6 rings (SSSR count). The van der Waals surface area contributed by atoms with Crippen LogP contribution in [0.3, 0.4) is 0 Å². The van der Waals surface area contributed by atoms with E-state index >= 15 is 0 Å². The van der Waals surface area contributed by atoms with E-state index in [9.17, 15) is 0 Å². The summed E-state index contributed by atoms with van der Waals surface area (Å²) >= 11 is 0. The fourth-order valence-corrected chi connectivity index (χ4v) is 3.88. The van der Waals surface area contributed by atoms with Gasteiger partial charge in [0.1, 0.15) is 0 Å². The zero-order valence-electron chi connectivity index (χ0n) is 18.3. The second-order valence-electron chi connectivity index (χ2n) is 8.14. The molecule has 8 nitrogen and oxygen atoms in total. The minimum Gasteiger partial charge on any atom is -0.413 e. The van der Waals surface area contributed by atoms with Crippen molar-refractivity contribution in [2.24, 2.45) is 0 Å². The molecule has 0 bridgehead atoms. The van der Waals surface area contributed by atoms with Gasteiger partial charge < -0.3 is 19.1 Å². The van der Waals surface area contributed by atoms with Crippen molar-refractivity contribution < 1.29 is 20.4 Å². The Hall–Kier alpha value is -3.80. The molecule has 0 N–H and O–H groups in total. The number of aromatic nitrogens is 8. The molecule has 6 aromatic heterocycles. The zero-order chi connectivity index (χ0) is 22.4. The van der Waals surface area contributed by atoms with Crippen molar-refractivity contribution in [3.8, 4) is 11.6 Å². The molecule has 0 spiro atoms. The molecule has 0 amide bonds. The first-order valence-corrected chi connectivity index (χ1v) is 10.5. The molecule has 0 fully saturated rings. The third-order valence-corrected chi connectivity index (χ3v) is 5.70. The van der Waals surface area contributed by atoms with Gasteiger partial charge in [0.25, 0.3) is 0 Å². The van der Waals surface area contributed by atoms with Crippen molar-refractivity contribution in [2.75, 3.05) is 0 Å². The monoisotopic (exact) mass is 536 g/mol. The summed E-state index contributed by atoms with van der Waals surface area (Å²) < 4.78 is 3.65. The van der Waals surface area contributed by atoms with Crippen LogP contribution >= 0.6 is 0 Å². The summed E-state index contributed by atoms with van der Waals surface area (Å²) in [4.78, 5) is 27.4. The van der Waals surface area contributed by atoms with E-state index in [2.05, 4.69) is 46.2 Å². The summed E-state index contributed by atoms with van der Waals surface area (Å²) in [6, 6.07) is 15.5. The van der Waals surface area contributed by atoms with Gasteiger partial charge >= 0.3 is 20.4 Å². The number of rotatable bonds is 4. The van der Waals surface area contributed by atoms with E-state index in [4.69, 9.17) is 9.97 Å². The predicted octanol–water partition coefficient (Wildman–Crippen LogP) is 3.87. The van der Waals surface area contributed by atoms with Crippen LogP contribution in [-0.2, 0) is 25.8 Å². The molecule has 168 valence electrons. The van der Waals surface area contributed by atoms with Crippen LogP contribution in [0.4, 0.5) is 0 Å². The standard InChI is InChI=1S/C25H18N8.Pd/c1-25(2,19-5-3-7-21(30-19)32-15-9-17-23(32)28-13-11-26-17)20-6-4-8-22(31-20)33-16-10-18-24(33)29-14-12-27-18;/h3-14H,1-2H3;/q-2;+2. The largest absolute Gasteiger partial charge is 2.00 e. The van der Waals surface area contributed by atoms with Gasteiger partial charge in [-0.25, -0.2) is 0 Å². The van der Waals surface area contributed by atoms with Gasteiger partial charge in [0.2, 0.25) is 0 Å². The van der Waals surface area contributed by atoms with E-state index in [0.29, 0.717) is 0 Å². The van der Waals surface area contributed by atoms with Crippen LogP contribution in [0.15, 0.2) is 73.3 Å². The molecule has 6 aromatic rings. The van der Waals surface area contributed by atoms with Crippen LogP contribution in [0.25, 0.3) is 34.0 Å². The Morgan fingerprint density at radius 2 is 1.09 bits per heavy atom. The van der Waals surface area contributed by atoms with Gasteiger partial charge in [-0.05, 0) is 37.0 Å². The summed E-state index contributed by atoms with van der Waals surface area (Å²) in [5.74, 6) is 1.46. The first-order chi connectivity index (χ1) is 16.1. The van der Waals surface area contributed by atoms with Crippen LogP contribution in [-0.4, -0.2) is 39.0 Å². The van der Waals surface area contributed by atoms with Crippen LogP contribution in [0.2, 0.25) is 0 Å². The average Bonchev–Trinajstić information content (AvgIpc) is 3.49. The number of hydrogen-bond acceptors (Lipinski definition) is 6. The fraction of sp³-hybridized carbons (Fsp3) is 0.120. The van der Waals surface area contributed by atoms with Crippen molar-refractivity contribution >= 4 is 22.3 Å². The summed E-state index contributed by atoms with van der Waals surface area (Å²) in [7, 11) is 0. The van der Waals surface area contributed by atoms with Crippen molar-refractivity contribution in [3.05, 3.63) is 97.1 Å². The van der Waals surface area contributed by atoms with Crippen LogP contribution < -0.4 is 0 Å². The van der Waals surface area contributed by atoms with Gasteiger partial charge in [-0.1, -0.05) is 36.7 Å². The van der Waals surface area contributed by atoms with Crippen molar-refractivity contribution in [3.63, 3.8) is 0 Å². The van der Waals surface area contributed by atoms with Gasteiger partial charge in [0.05, 0.1) is 11.6 Å². The molecule has 0 saturated carbocycles. The maximum absolute atomic E-state index is 4.94. The Kier molecular flexibility index (Phi) is 5.52. The van der Waals surface area contributed by atoms with E-state index in [1.54, 1.807) is 24.8 Å². The van der Waals surface area contributed by atoms with Gasteiger partial charge in [-0.2, -0.15) is 0 Å². The topological polar surface area (TPSA) is 87.2 Å². The molecule has 0 atom stereocenters. The molecule has 0 saturated heterocycles. The second-order valence-corrected chi connectivity index (χ2v) is 8.14. The van der Waals surface area contributed by atoms with Crippen molar-refractivity contribution in [1.29, 1.82) is 0 Å². The fourth-order valence-electron chi connectivity index (χ4n) is 3.88. The van der Waals surface area contributed by atoms with Gasteiger partial charge in [0.15, 0.2) is 0 Å². The Morgan fingerprint density at radius 1 is 0.647 bits per heavy atom. The first-order valence-electron chi connectivity index (χ1n) is 10.5. The second kappa shape index (κ2) is 8.52. The molecule has 9 heteroatoms. The summed E-state index contributed by atoms with van der Waals surface area (Å²) in [6.45, 7) is 4.22. The normalized spacial score (nSPS) is 11.6. The molecule has 0 aliphatic rings. The smallest absolute Gasteiger partial charge is 0.413 e. The molecule has 6 heterocycles. The molecule has 34 heavy (non-hydrogen) atoms. The van der Waals surface area contributed by atoms with Gasteiger partial charge in [-0.15, -0.1) is 12.1 Å². The van der Waals surface area contributed by atoms with E-state index in [1.807, 2.05) is 57.7 Å². The maximum atomic E-state index is 4.94. The van der Waals surface area contributed by atoms with E-state index < -0.39 is 5.41 Å². The molecule has 0 radical (unpaired) electrons. The number of nitrogens with zero attached hydrogens (tertiary/aromatic N) is 8. The Balaban J connectivity index is 0.00000241. The zero-order valence-corrected chi connectivity index (χ0v) is 19.9. The minimum absolute atomic E-state index is 0. The quantitative estimate of drug-likeness (QED) is 0.251. The summed E-state index contributed by atoms with van der Waals surface area (Å²) in [6.07, 6.45) is 13.0. The third kappa shape index (κ3) is 3.59. The number of pyridine rings is 2. The Morgan fingerprint density at radius 3 is 1.56 bits per heavy atom. The molecule has 0 aromatic carbocycles. The third-order valence-electron chi connectivity index (χ3n) is 5.70. The van der Waals surface area contributed by atoms with Crippen LogP contribution in [0.1, 0.15) is 25.2 Å². The molecule has 0 aliphatic heterocycles. The van der Waals surface area contributed by atoms with Crippen LogP contribution in [0, 0.1) is 12.4 Å². The summed E-state index contributed by atoms with van der Waals surface area (Å²) in [5, 5.41) is 0. The van der Waals surface area contributed by atoms with E-state index in [1.165, 1.54) is 0 Å². The van der Waals surface area contributed by atoms with Gasteiger partial charge in [-0.3, -0.25) is 19.9 Å². The van der Waals surface area contributed by atoms with Gasteiger partial charge in [0, 0.05) is 52.9 Å². The SMILES string of the molecule is CC(C)(c1cccc(-n2[c-]cc3nccnc32)n1)c1cccc(-n2[c-]cc3nccnc32)n1.[Pd+2]. The number of fused-ring (bicyclic) bond motifs is 2. The Labute approximate surface area is 209 Å². The van der Waals surface area contributed by atoms with E-state index in [0.717, 1.165) is 45.4 Å². The predicted molar refractivity (Wildman–Crippen MR) is 123 cm³/mol. The summed E-state index contributed by atoms with van der Waals surface area (Å²) in [5.41, 5.74) is 4.28. The molecular weight excluding hydrogens is 519 g/mol. The molecule has 0 unspecified atom stereocenters. The van der Waals surface area contributed by atoms with Crippen molar-refractivity contribution in [2.45, 2.75) is 19.3 Å². The first kappa shape index (κ1) is 22.0. The maximum Gasteiger partial charge on any atom is 2.00 e. The van der Waals surface area contributed by atoms with Crippen molar-refractivity contribution in [1.82, 2.24) is 39.0 Å². The Bertz CT molecular complexity index is 1500. The average molecular weight is 537 g/mol. The number of hydrogen-bond donors (Lipinski definition) is 0.